The first-order valence-electron chi connectivity index (χ1n) is 11.4. The lowest BCUT2D eigenvalue weighted by atomic mass is 9.80. The van der Waals surface area contributed by atoms with Crippen LogP contribution in [0, 0.1) is 0 Å². The lowest BCUT2D eigenvalue weighted by Gasteiger charge is -2.31. The summed E-state index contributed by atoms with van der Waals surface area (Å²) in [6.07, 6.45) is 6.92. The van der Waals surface area contributed by atoms with Gasteiger partial charge >= 0.3 is 5.97 Å². The molecular formula is C26H28N2O2. The van der Waals surface area contributed by atoms with E-state index < -0.39 is 5.97 Å². The summed E-state index contributed by atoms with van der Waals surface area (Å²) in [5.74, 6) is 0.0926. The third-order valence-electron chi connectivity index (χ3n) is 7.64. The number of aromatic carboxylic acids is 1. The molecule has 3 aliphatic rings. The minimum absolute atomic E-state index is 0.416. The molecule has 3 heterocycles. The summed E-state index contributed by atoms with van der Waals surface area (Å²) in [6.45, 7) is 1.94. The Bertz CT molecular complexity index is 1130. The van der Waals surface area contributed by atoms with Crippen LogP contribution in [0.1, 0.15) is 76.3 Å². The van der Waals surface area contributed by atoms with Crippen LogP contribution in [0.4, 0.5) is 0 Å². The Morgan fingerprint density at radius 1 is 1.13 bits per heavy atom. The fraction of sp³-hybridized carbons (Fsp3) is 0.423. The van der Waals surface area contributed by atoms with E-state index in [0.717, 1.165) is 25.9 Å². The molecule has 2 aromatic carbocycles. The lowest BCUT2D eigenvalue weighted by Crippen LogP contribution is -2.25. The zero-order chi connectivity index (χ0) is 20.2. The Morgan fingerprint density at radius 3 is 2.80 bits per heavy atom. The molecule has 154 valence electrons. The van der Waals surface area contributed by atoms with Gasteiger partial charge in [0.1, 0.15) is 0 Å². The Balaban J connectivity index is 1.59. The minimum atomic E-state index is -0.804. The number of carboxylic acids is 1. The number of benzene rings is 2. The maximum Gasteiger partial charge on any atom is 0.335 e. The molecule has 4 nitrogen and oxygen atoms in total. The number of hydrogen-bond acceptors (Lipinski definition) is 2. The van der Waals surface area contributed by atoms with Gasteiger partial charge < -0.3 is 15.0 Å². The van der Waals surface area contributed by atoms with Gasteiger partial charge in [-0.1, -0.05) is 43.2 Å². The van der Waals surface area contributed by atoms with Crippen molar-refractivity contribution in [3.8, 4) is 0 Å². The van der Waals surface area contributed by atoms with Crippen LogP contribution in [-0.4, -0.2) is 28.7 Å². The predicted octanol–water partition coefficient (Wildman–Crippen LogP) is 5.02. The highest BCUT2D eigenvalue weighted by Crippen LogP contribution is 2.53. The maximum absolute atomic E-state index is 11.9. The molecule has 1 aromatic heterocycles. The van der Waals surface area contributed by atoms with Gasteiger partial charge in [-0.3, -0.25) is 0 Å². The number of carboxylic acid groups (broad SMARTS) is 1. The molecule has 0 bridgehead atoms. The van der Waals surface area contributed by atoms with Gasteiger partial charge in [0.25, 0.3) is 0 Å². The average molecular weight is 401 g/mol. The minimum Gasteiger partial charge on any atom is -0.478 e. The first-order valence-corrected chi connectivity index (χ1v) is 11.4. The van der Waals surface area contributed by atoms with Crippen molar-refractivity contribution >= 4 is 16.9 Å². The number of aromatic nitrogens is 1. The quantitative estimate of drug-likeness (QED) is 0.649. The van der Waals surface area contributed by atoms with Gasteiger partial charge in [-0.15, -0.1) is 0 Å². The third-order valence-corrected chi connectivity index (χ3v) is 7.64. The molecule has 3 unspecified atom stereocenters. The summed E-state index contributed by atoms with van der Waals surface area (Å²) in [5.41, 5.74) is 7.36. The topological polar surface area (TPSA) is 54.3 Å². The molecule has 3 aromatic rings. The van der Waals surface area contributed by atoms with Crippen LogP contribution in [0.3, 0.4) is 0 Å². The first-order chi connectivity index (χ1) is 14.7. The van der Waals surface area contributed by atoms with Crippen molar-refractivity contribution in [2.24, 2.45) is 0 Å². The number of hydrogen-bond donors (Lipinski definition) is 2. The monoisotopic (exact) mass is 400 g/mol. The van der Waals surface area contributed by atoms with E-state index in [2.05, 4.69) is 40.2 Å². The van der Waals surface area contributed by atoms with Crippen LogP contribution >= 0.6 is 0 Å². The molecule has 4 heteroatoms. The smallest absolute Gasteiger partial charge is 0.335 e. The van der Waals surface area contributed by atoms with Crippen LogP contribution in [0.5, 0.6) is 0 Å². The van der Waals surface area contributed by atoms with Crippen LogP contribution in [-0.2, 0) is 12.8 Å². The van der Waals surface area contributed by atoms with Crippen molar-refractivity contribution in [2.45, 2.75) is 56.4 Å². The zero-order valence-electron chi connectivity index (χ0n) is 17.2. The zero-order valence-corrected chi connectivity index (χ0v) is 17.2. The molecule has 0 spiro atoms. The van der Waals surface area contributed by atoms with E-state index in [9.17, 15) is 9.90 Å². The number of rotatable bonds is 3. The molecule has 1 saturated carbocycles. The number of nitrogens with zero attached hydrogens (tertiary/aromatic N) is 1. The van der Waals surface area contributed by atoms with Crippen LogP contribution < -0.4 is 5.32 Å². The summed E-state index contributed by atoms with van der Waals surface area (Å²) < 4.78 is 2.68. The second kappa shape index (κ2) is 6.98. The van der Waals surface area contributed by atoms with Crippen molar-refractivity contribution in [1.82, 2.24) is 9.88 Å². The van der Waals surface area contributed by atoms with E-state index in [0.29, 0.717) is 23.4 Å². The maximum atomic E-state index is 11.9. The molecule has 0 amide bonds. The summed E-state index contributed by atoms with van der Waals surface area (Å²) in [5, 5.41) is 14.7. The summed E-state index contributed by atoms with van der Waals surface area (Å²) >= 11 is 0. The van der Waals surface area contributed by atoms with Gasteiger partial charge in [-0.05, 0) is 61.1 Å². The highest BCUT2D eigenvalue weighted by molar-refractivity contribution is 5.98. The van der Waals surface area contributed by atoms with Gasteiger partial charge in [0.05, 0.1) is 11.1 Å². The van der Waals surface area contributed by atoms with Gasteiger partial charge in [0.2, 0.25) is 0 Å². The van der Waals surface area contributed by atoms with E-state index in [4.69, 9.17) is 0 Å². The van der Waals surface area contributed by atoms with E-state index in [1.54, 1.807) is 0 Å². The molecule has 1 fully saturated rings. The van der Waals surface area contributed by atoms with Gasteiger partial charge in [0, 0.05) is 35.5 Å². The number of carbonyl (C=O) groups is 1. The van der Waals surface area contributed by atoms with Crippen molar-refractivity contribution in [3.63, 3.8) is 0 Å². The van der Waals surface area contributed by atoms with Gasteiger partial charge in [-0.2, -0.15) is 0 Å². The predicted molar refractivity (Wildman–Crippen MR) is 119 cm³/mol. The van der Waals surface area contributed by atoms with Gasteiger partial charge in [0.15, 0.2) is 0 Å². The fourth-order valence-electron chi connectivity index (χ4n) is 6.45. The van der Waals surface area contributed by atoms with E-state index in [-0.39, 0.29) is 0 Å². The van der Waals surface area contributed by atoms with Crippen molar-refractivity contribution < 1.29 is 9.90 Å². The second-order valence-corrected chi connectivity index (χ2v) is 9.30. The molecule has 6 rings (SSSR count). The Labute approximate surface area is 176 Å². The lowest BCUT2D eigenvalue weighted by molar-refractivity contribution is 0.0697. The van der Waals surface area contributed by atoms with Gasteiger partial charge in [-0.25, -0.2) is 4.79 Å². The second-order valence-electron chi connectivity index (χ2n) is 9.30. The molecule has 30 heavy (non-hydrogen) atoms. The van der Waals surface area contributed by atoms with Crippen LogP contribution in [0.25, 0.3) is 10.9 Å². The largest absolute Gasteiger partial charge is 0.478 e. The molecule has 0 saturated heterocycles. The van der Waals surface area contributed by atoms with Crippen LogP contribution in [0.2, 0.25) is 0 Å². The SMILES string of the molecule is O=C(O)c1cc2c3c(c1)c1c(n3C3CCCCC23)C(Cc2ccccc2)CNCC1. The summed E-state index contributed by atoms with van der Waals surface area (Å²) in [6, 6.07) is 15.2. The average Bonchev–Trinajstić information content (AvgIpc) is 3.19. The third kappa shape index (κ3) is 2.66. The van der Waals surface area contributed by atoms with Crippen molar-refractivity contribution in [3.05, 3.63) is 70.4 Å². The Hall–Kier alpha value is -2.59. The highest BCUT2D eigenvalue weighted by atomic mass is 16.4. The van der Waals surface area contributed by atoms with Crippen molar-refractivity contribution in [1.29, 1.82) is 0 Å². The highest BCUT2D eigenvalue weighted by Gasteiger charge is 2.41. The van der Waals surface area contributed by atoms with Crippen molar-refractivity contribution in [2.75, 3.05) is 13.1 Å². The molecule has 2 N–H and O–H groups in total. The molecule has 1 aliphatic carbocycles. The fourth-order valence-corrected chi connectivity index (χ4v) is 6.45. The molecule has 3 atom stereocenters. The normalized spacial score (nSPS) is 25.0. The van der Waals surface area contributed by atoms with E-state index >= 15 is 0 Å². The Morgan fingerprint density at radius 2 is 1.97 bits per heavy atom. The van der Waals surface area contributed by atoms with E-state index in [1.165, 1.54) is 59.0 Å². The standard InChI is InChI=1S/C26H28N2O2/c29-26(30)17-13-21-19-8-4-5-9-23(19)28-24-18(12-16-6-2-1-3-7-16)15-27-11-10-20(24)22(14-17)25(21)28/h1-3,6-7,13-14,18-19,23,27H,4-5,8-12,15H2,(H,29,30). The summed E-state index contributed by atoms with van der Waals surface area (Å²) in [7, 11) is 0. The molecule has 2 aliphatic heterocycles. The number of fused-ring (bicyclic) bond motifs is 6. The molecular weight excluding hydrogens is 372 g/mol. The number of nitrogens with one attached hydrogen (secondary N) is 1. The molecule has 0 radical (unpaired) electrons. The Kier molecular flexibility index (Phi) is 4.24. The van der Waals surface area contributed by atoms with Crippen LogP contribution in [0.15, 0.2) is 42.5 Å². The first kappa shape index (κ1) is 18.2. The van der Waals surface area contributed by atoms with E-state index in [1.807, 2.05) is 12.1 Å². The summed E-state index contributed by atoms with van der Waals surface area (Å²) in [4.78, 5) is 11.9.